The largest absolute Gasteiger partial charge is 0.494 e. The maximum Gasteiger partial charge on any atom is 0.337 e. The fourth-order valence-corrected chi connectivity index (χ4v) is 4.74. The Labute approximate surface area is 204 Å². The lowest BCUT2D eigenvalue weighted by molar-refractivity contribution is 0.0601. The number of nitrogens with one attached hydrogen (secondary N) is 1. The summed E-state index contributed by atoms with van der Waals surface area (Å²) in [4.78, 5) is 36.7. The highest BCUT2D eigenvalue weighted by atomic mass is 32.2. The molecule has 5 aromatic rings. The van der Waals surface area contributed by atoms with Crippen LogP contribution in [0.2, 0.25) is 0 Å². The second kappa shape index (κ2) is 9.63. The molecule has 5 rings (SSSR count). The molecule has 0 atom stereocenters. The second-order valence-electron chi connectivity index (χ2n) is 7.67. The van der Waals surface area contributed by atoms with Crippen LogP contribution >= 0.6 is 11.8 Å². The van der Waals surface area contributed by atoms with Crippen LogP contribution in [0.3, 0.4) is 0 Å². The number of aromatic nitrogens is 4. The fraction of sp³-hybridized carbons (Fsp3) is 0.154. The molecule has 0 unspecified atom stereocenters. The van der Waals surface area contributed by atoms with E-state index < -0.39 is 5.97 Å². The van der Waals surface area contributed by atoms with Crippen LogP contribution in [0.5, 0.6) is 5.75 Å². The van der Waals surface area contributed by atoms with Crippen molar-refractivity contribution in [3.8, 4) is 11.4 Å². The van der Waals surface area contributed by atoms with E-state index in [1.807, 2.05) is 55.5 Å². The van der Waals surface area contributed by atoms with Crippen molar-refractivity contribution in [3.63, 3.8) is 0 Å². The summed E-state index contributed by atoms with van der Waals surface area (Å²) in [6.45, 7) is 2.56. The van der Waals surface area contributed by atoms with E-state index in [4.69, 9.17) is 14.5 Å². The van der Waals surface area contributed by atoms with Crippen LogP contribution < -0.4 is 10.3 Å². The number of fused-ring (bicyclic) bond motifs is 2. The third-order valence-corrected chi connectivity index (χ3v) is 6.40. The lowest BCUT2D eigenvalue weighted by Crippen LogP contribution is -2.12. The number of ether oxygens (including phenoxy) is 2. The molecule has 2 aromatic heterocycles. The zero-order valence-electron chi connectivity index (χ0n) is 19.1. The van der Waals surface area contributed by atoms with Gasteiger partial charge in [0.25, 0.3) is 5.56 Å². The number of hydrogen-bond acceptors (Lipinski definition) is 7. The van der Waals surface area contributed by atoms with Gasteiger partial charge in [-0.1, -0.05) is 23.9 Å². The molecule has 176 valence electrons. The van der Waals surface area contributed by atoms with Crippen LogP contribution in [0.15, 0.2) is 76.7 Å². The number of carbonyl (C=O) groups excluding carboxylic acids is 1. The SMILES string of the molecule is CCOc1ccc(-n2c(SCc3nc4cc(C(=O)OC)ccc4c(=O)[nH]3)nc3ccccc32)cc1. The fourth-order valence-electron chi connectivity index (χ4n) is 3.84. The minimum atomic E-state index is -0.478. The van der Waals surface area contributed by atoms with Gasteiger partial charge in [-0.05, 0) is 61.5 Å². The quantitative estimate of drug-likeness (QED) is 0.262. The lowest BCUT2D eigenvalue weighted by atomic mass is 10.1. The summed E-state index contributed by atoms with van der Waals surface area (Å²) in [6, 6.07) is 20.5. The molecule has 0 bridgehead atoms. The smallest absolute Gasteiger partial charge is 0.337 e. The number of carbonyl (C=O) groups is 1. The van der Waals surface area contributed by atoms with E-state index in [2.05, 4.69) is 14.5 Å². The average Bonchev–Trinajstić information content (AvgIpc) is 3.26. The van der Waals surface area contributed by atoms with E-state index >= 15 is 0 Å². The van der Waals surface area contributed by atoms with E-state index in [9.17, 15) is 9.59 Å². The molecule has 0 fully saturated rings. The topological polar surface area (TPSA) is 99.1 Å². The number of hydrogen-bond donors (Lipinski definition) is 1. The van der Waals surface area contributed by atoms with E-state index in [0.29, 0.717) is 34.7 Å². The molecule has 0 saturated carbocycles. The molecule has 0 aliphatic heterocycles. The molecule has 0 spiro atoms. The minimum Gasteiger partial charge on any atom is -0.494 e. The summed E-state index contributed by atoms with van der Waals surface area (Å²) in [5, 5.41) is 1.18. The summed E-state index contributed by atoms with van der Waals surface area (Å²) in [7, 11) is 1.32. The first-order valence-electron chi connectivity index (χ1n) is 11.0. The van der Waals surface area contributed by atoms with Gasteiger partial charge in [0, 0.05) is 5.69 Å². The predicted molar refractivity (Wildman–Crippen MR) is 136 cm³/mol. The third kappa shape index (κ3) is 4.50. The van der Waals surface area contributed by atoms with Gasteiger partial charge < -0.3 is 14.5 Å². The van der Waals surface area contributed by atoms with Gasteiger partial charge in [0.15, 0.2) is 5.16 Å². The number of esters is 1. The van der Waals surface area contributed by atoms with Gasteiger partial charge in [-0.15, -0.1) is 0 Å². The molecule has 0 radical (unpaired) electrons. The molecule has 0 saturated heterocycles. The van der Waals surface area contributed by atoms with Crippen LogP contribution in [0.25, 0.3) is 27.6 Å². The van der Waals surface area contributed by atoms with Crippen molar-refractivity contribution in [1.29, 1.82) is 0 Å². The van der Waals surface area contributed by atoms with E-state index in [0.717, 1.165) is 27.6 Å². The number of aromatic amines is 1. The Morgan fingerprint density at radius 2 is 1.83 bits per heavy atom. The standard InChI is InChI=1S/C26H22N4O4S/c1-3-34-18-11-9-17(10-12-18)30-22-7-5-4-6-20(22)28-26(30)35-15-23-27-21-14-16(25(32)33-2)8-13-19(21)24(31)29-23/h4-14H,3,15H2,1-2H3,(H,27,29,31). The minimum absolute atomic E-state index is 0.262. The van der Waals surface area contributed by atoms with Crippen LogP contribution in [0.1, 0.15) is 23.1 Å². The number of methoxy groups -OCH3 is 1. The van der Waals surface area contributed by atoms with Gasteiger partial charge in [-0.3, -0.25) is 9.36 Å². The summed E-state index contributed by atoms with van der Waals surface area (Å²) < 4.78 is 12.4. The molecule has 8 nitrogen and oxygen atoms in total. The summed E-state index contributed by atoms with van der Waals surface area (Å²) in [5.41, 5.74) is 3.31. The Morgan fingerprint density at radius 3 is 2.60 bits per heavy atom. The summed E-state index contributed by atoms with van der Waals surface area (Å²) in [5.74, 6) is 1.20. The summed E-state index contributed by atoms with van der Waals surface area (Å²) in [6.07, 6.45) is 0. The number of benzene rings is 3. The Bertz CT molecular complexity index is 1590. The van der Waals surface area contributed by atoms with E-state index in [1.165, 1.54) is 18.9 Å². The Hall–Kier alpha value is -4.11. The Morgan fingerprint density at radius 1 is 1.03 bits per heavy atom. The number of para-hydroxylation sites is 2. The van der Waals surface area contributed by atoms with Crippen molar-refractivity contribution in [1.82, 2.24) is 19.5 Å². The number of thioether (sulfide) groups is 1. The van der Waals surface area contributed by atoms with Crippen molar-refractivity contribution in [2.24, 2.45) is 0 Å². The number of H-pyrrole nitrogens is 1. The molecule has 0 aliphatic rings. The van der Waals surface area contributed by atoms with Gasteiger partial charge in [-0.25, -0.2) is 14.8 Å². The first kappa shape index (κ1) is 22.7. The van der Waals surface area contributed by atoms with Gasteiger partial charge in [0.1, 0.15) is 11.6 Å². The highest BCUT2D eigenvalue weighted by Gasteiger charge is 2.15. The first-order valence-corrected chi connectivity index (χ1v) is 12.0. The molecule has 3 aromatic carbocycles. The zero-order valence-corrected chi connectivity index (χ0v) is 20.0. The third-order valence-electron chi connectivity index (χ3n) is 5.45. The average molecular weight is 487 g/mol. The normalized spacial score (nSPS) is 11.1. The molecule has 35 heavy (non-hydrogen) atoms. The highest BCUT2D eigenvalue weighted by molar-refractivity contribution is 7.98. The Balaban J connectivity index is 1.50. The van der Waals surface area contributed by atoms with Crippen LogP contribution in [0, 0.1) is 0 Å². The Kier molecular flexibility index (Phi) is 6.24. The van der Waals surface area contributed by atoms with E-state index in [-0.39, 0.29) is 5.56 Å². The van der Waals surface area contributed by atoms with Crippen LogP contribution in [-0.2, 0) is 10.5 Å². The second-order valence-corrected chi connectivity index (χ2v) is 8.61. The molecule has 2 heterocycles. The molecule has 1 N–H and O–H groups in total. The van der Waals surface area contributed by atoms with Gasteiger partial charge >= 0.3 is 5.97 Å². The number of nitrogens with zero attached hydrogens (tertiary/aromatic N) is 3. The highest BCUT2D eigenvalue weighted by Crippen LogP contribution is 2.30. The molecular weight excluding hydrogens is 464 g/mol. The predicted octanol–water partition coefficient (Wildman–Crippen LogP) is 4.74. The zero-order chi connectivity index (χ0) is 24.4. The van der Waals surface area contributed by atoms with Crippen molar-refractivity contribution in [3.05, 3.63) is 88.5 Å². The van der Waals surface area contributed by atoms with Crippen LogP contribution in [0.4, 0.5) is 0 Å². The maximum atomic E-state index is 12.6. The van der Waals surface area contributed by atoms with Gasteiger partial charge in [0.05, 0.1) is 47.0 Å². The molecule has 0 amide bonds. The maximum absolute atomic E-state index is 12.6. The van der Waals surface area contributed by atoms with Gasteiger partial charge in [-0.2, -0.15) is 0 Å². The lowest BCUT2D eigenvalue weighted by Gasteiger charge is -2.10. The monoisotopic (exact) mass is 486 g/mol. The van der Waals surface area contributed by atoms with Crippen molar-refractivity contribution in [2.45, 2.75) is 17.8 Å². The molecule has 9 heteroatoms. The van der Waals surface area contributed by atoms with E-state index in [1.54, 1.807) is 18.2 Å². The summed E-state index contributed by atoms with van der Waals surface area (Å²) >= 11 is 1.46. The molecule has 0 aliphatic carbocycles. The van der Waals surface area contributed by atoms with Crippen molar-refractivity contribution >= 4 is 39.7 Å². The van der Waals surface area contributed by atoms with Crippen molar-refractivity contribution in [2.75, 3.05) is 13.7 Å². The first-order chi connectivity index (χ1) is 17.1. The van der Waals surface area contributed by atoms with Crippen LogP contribution in [-0.4, -0.2) is 39.2 Å². The van der Waals surface area contributed by atoms with Gasteiger partial charge in [0.2, 0.25) is 0 Å². The number of rotatable bonds is 7. The van der Waals surface area contributed by atoms with Crippen molar-refractivity contribution < 1.29 is 14.3 Å². The molecular formula is C26H22N4O4S. The number of imidazole rings is 1.